The predicted molar refractivity (Wildman–Crippen MR) is 49.4 cm³/mol. The van der Waals surface area contributed by atoms with Gasteiger partial charge in [-0.1, -0.05) is 12.2 Å². The molecule has 0 saturated carbocycles. The van der Waals surface area contributed by atoms with Crippen LogP contribution in [-0.4, -0.2) is 17.0 Å². The SMILES string of the molecule is C/C=C/CCCC(CC(=O)[O-])C(=O)O.[Na+]. The number of hydrogen-bond donors (Lipinski definition) is 1. The maximum Gasteiger partial charge on any atom is 1.00 e. The van der Waals surface area contributed by atoms with Crippen molar-refractivity contribution < 1.29 is 49.4 Å². The fourth-order valence-corrected chi connectivity index (χ4v) is 1.16. The number of carboxylic acids is 2. The second-order valence-electron chi connectivity index (χ2n) is 3.11. The molecule has 0 radical (unpaired) electrons. The van der Waals surface area contributed by atoms with Crippen molar-refractivity contribution in [3.8, 4) is 0 Å². The Hall–Kier alpha value is -0.320. The zero-order valence-electron chi connectivity index (χ0n) is 9.23. The van der Waals surface area contributed by atoms with Crippen molar-refractivity contribution in [3.63, 3.8) is 0 Å². The molecule has 0 saturated heterocycles. The summed E-state index contributed by atoms with van der Waals surface area (Å²) in [4.78, 5) is 20.8. The number of unbranched alkanes of at least 4 members (excludes halogenated alkanes) is 1. The normalized spacial score (nSPS) is 12.1. The number of carbonyl (C=O) groups excluding carboxylic acids is 1. The van der Waals surface area contributed by atoms with Gasteiger partial charge < -0.3 is 15.0 Å². The maximum atomic E-state index is 10.6. The van der Waals surface area contributed by atoms with Gasteiger partial charge in [0.05, 0.1) is 5.92 Å². The molecule has 0 rings (SSSR count). The third-order valence-corrected chi connectivity index (χ3v) is 1.92. The molecule has 80 valence electrons. The Morgan fingerprint density at radius 2 is 2.07 bits per heavy atom. The second-order valence-corrected chi connectivity index (χ2v) is 3.11. The van der Waals surface area contributed by atoms with E-state index in [9.17, 15) is 14.7 Å². The van der Waals surface area contributed by atoms with Crippen molar-refractivity contribution in [3.05, 3.63) is 12.2 Å². The van der Waals surface area contributed by atoms with Crippen molar-refractivity contribution in [2.24, 2.45) is 5.92 Å². The molecule has 0 aliphatic heterocycles. The van der Waals surface area contributed by atoms with Gasteiger partial charge in [-0.15, -0.1) is 0 Å². The minimum absolute atomic E-state index is 0. The van der Waals surface area contributed by atoms with Crippen LogP contribution in [0.5, 0.6) is 0 Å². The maximum absolute atomic E-state index is 10.6. The van der Waals surface area contributed by atoms with Gasteiger partial charge in [-0.2, -0.15) is 0 Å². The van der Waals surface area contributed by atoms with E-state index in [1.165, 1.54) is 0 Å². The molecule has 0 fully saturated rings. The summed E-state index contributed by atoms with van der Waals surface area (Å²) >= 11 is 0. The van der Waals surface area contributed by atoms with Gasteiger partial charge in [0.25, 0.3) is 0 Å². The van der Waals surface area contributed by atoms with Crippen LogP contribution in [0.3, 0.4) is 0 Å². The van der Waals surface area contributed by atoms with Crippen LogP contribution in [0.15, 0.2) is 12.2 Å². The molecule has 0 spiro atoms. The molecule has 0 heterocycles. The van der Waals surface area contributed by atoms with Crippen LogP contribution >= 0.6 is 0 Å². The van der Waals surface area contributed by atoms with E-state index in [4.69, 9.17) is 5.11 Å². The number of carbonyl (C=O) groups is 2. The van der Waals surface area contributed by atoms with Gasteiger partial charge in [-0.3, -0.25) is 4.79 Å². The largest absolute Gasteiger partial charge is 1.00 e. The first-order chi connectivity index (χ1) is 6.57. The molecule has 1 unspecified atom stereocenters. The molecule has 4 nitrogen and oxygen atoms in total. The minimum atomic E-state index is -1.30. The molecule has 0 aromatic carbocycles. The number of aliphatic carboxylic acids is 2. The first-order valence-electron chi connectivity index (χ1n) is 4.61. The summed E-state index contributed by atoms with van der Waals surface area (Å²) in [6.07, 6.45) is 5.27. The molecule has 5 heteroatoms. The molecule has 0 aliphatic carbocycles. The van der Waals surface area contributed by atoms with E-state index in [2.05, 4.69) is 0 Å². The van der Waals surface area contributed by atoms with E-state index in [0.29, 0.717) is 12.8 Å². The zero-order chi connectivity index (χ0) is 11.0. The summed E-state index contributed by atoms with van der Waals surface area (Å²) in [7, 11) is 0. The van der Waals surface area contributed by atoms with Crippen LogP contribution in [0.1, 0.15) is 32.6 Å². The number of hydrogen-bond acceptors (Lipinski definition) is 3. The van der Waals surface area contributed by atoms with Gasteiger partial charge in [0.15, 0.2) is 0 Å². The summed E-state index contributed by atoms with van der Waals surface area (Å²) in [5, 5.41) is 18.9. The molecule has 0 aromatic rings. The molecule has 15 heavy (non-hydrogen) atoms. The van der Waals surface area contributed by atoms with E-state index in [-0.39, 0.29) is 29.6 Å². The van der Waals surface area contributed by atoms with Crippen molar-refractivity contribution in [1.82, 2.24) is 0 Å². The molecule has 1 N–H and O–H groups in total. The Bertz CT molecular complexity index is 225. The Morgan fingerprint density at radius 3 is 2.47 bits per heavy atom. The van der Waals surface area contributed by atoms with Crippen LogP contribution in [0.4, 0.5) is 0 Å². The second kappa shape index (κ2) is 10.2. The summed E-state index contributed by atoms with van der Waals surface area (Å²) in [6.45, 7) is 1.88. The summed E-state index contributed by atoms with van der Waals surface area (Å²) in [5.74, 6) is -3.18. The van der Waals surface area contributed by atoms with Gasteiger partial charge in [-0.25, -0.2) is 0 Å². The fraction of sp³-hybridized carbons (Fsp3) is 0.600. The van der Waals surface area contributed by atoms with E-state index in [1.807, 2.05) is 19.1 Å². The zero-order valence-corrected chi connectivity index (χ0v) is 11.2. The Labute approximate surface area is 112 Å². The average molecular weight is 222 g/mol. The molecule has 0 bridgehead atoms. The first kappa shape index (κ1) is 17.1. The Balaban J connectivity index is 0. The van der Waals surface area contributed by atoms with Crippen molar-refractivity contribution >= 4 is 11.9 Å². The third-order valence-electron chi connectivity index (χ3n) is 1.92. The van der Waals surface area contributed by atoms with Crippen molar-refractivity contribution in [2.75, 3.05) is 0 Å². The number of allylic oxidation sites excluding steroid dienone is 2. The van der Waals surface area contributed by atoms with E-state index in [0.717, 1.165) is 6.42 Å². The van der Waals surface area contributed by atoms with E-state index < -0.39 is 24.3 Å². The standard InChI is InChI=1S/C10H16O4.Na/c1-2-3-4-5-6-8(10(13)14)7-9(11)12;/h2-3,8H,4-7H2,1H3,(H,11,12)(H,13,14);/q;+1/p-1/b3-2+;. The molecule has 0 aliphatic rings. The van der Waals surface area contributed by atoms with E-state index >= 15 is 0 Å². The Kier molecular flexibility index (Phi) is 11.6. The van der Waals surface area contributed by atoms with Gasteiger partial charge in [0.2, 0.25) is 0 Å². The van der Waals surface area contributed by atoms with Crippen LogP contribution < -0.4 is 34.7 Å². The summed E-state index contributed by atoms with van der Waals surface area (Å²) in [5.41, 5.74) is 0. The van der Waals surface area contributed by atoms with Gasteiger partial charge in [0.1, 0.15) is 0 Å². The van der Waals surface area contributed by atoms with Gasteiger partial charge in [-0.05, 0) is 26.2 Å². The molecule has 1 atom stereocenters. The smallest absolute Gasteiger partial charge is 0.550 e. The monoisotopic (exact) mass is 222 g/mol. The van der Waals surface area contributed by atoms with Crippen molar-refractivity contribution in [2.45, 2.75) is 32.6 Å². The predicted octanol–water partition coefficient (Wildman–Crippen LogP) is -2.42. The first-order valence-corrected chi connectivity index (χ1v) is 4.61. The molecule has 0 aromatic heterocycles. The average Bonchev–Trinajstić information content (AvgIpc) is 2.09. The van der Waals surface area contributed by atoms with Crippen LogP contribution in [0.2, 0.25) is 0 Å². The minimum Gasteiger partial charge on any atom is -0.550 e. The quantitative estimate of drug-likeness (QED) is 0.295. The Morgan fingerprint density at radius 1 is 1.47 bits per heavy atom. The summed E-state index contributed by atoms with van der Waals surface area (Å²) in [6, 6.07) is 0. The molecule has 0 amide bonds. The topological polar surface area (TPSA) is 77.4 Å². The summed E-state index contributed by atoms with van der Waals surface area (Å²) < 4.78 is 0. The van der Waals surface area contributed by atoms with Crippen LogP contribution in [0, 0.1) is 5.92 Å². The molecular formula is C10H15NaO4. The number of rotatable bonds is 7. The third kappa shape index (κ3) is 9.97. The van der Waals surface area contributed by atoms with Crippen LogP contribution in [0.25, 0.3) is 0 Å². The van der Waals surface area contributed by atoms with E-state index in [1.54, 1.807) is 0 Å². The number of carboxylic acid groups (broad SMARTS) is 2. The molecular weight excluding hydrogens is 207 g/mol. The van der Waals surface area contributed by atoms with Gasteiger partial charge >= 0.3 is 35.5 Å². The fourth-order valence-electron chi connectivity index (χ4n) is 1.16. The van der Waals surface area contributed by atoms with Crippen molar-refractivity contribution in [1.29, 1.82) is 0 Å². The van der Waals surface area contributed by atoms with Gasteiger partial charge in [0, 0.05) is 12.4 Å². The van der Waals surface area contributed by atoms with Crippen LogP contribution in [-0.2, 0) is 9.59 Å².